The summed E-state index contributed by atoms with van der Waals surface area (Å²) in [4.78, 5) is 5.99. The lowest BCUT2D eigenvalue weighted by atomic mass is 10.3. The molecule has 1 aromatic heterocycles. The summed E-state index contributed by atoms with van der Waals surface area (Å²) in [6.07, 6.45) is 0. The Balaban J connectivity index is 1.51. The van der Waals surface area contributed by atoms with Crippen LogP contribution >= 0.6 is 35.0 Å². The molecular formula is C22H18Cl2N2OS. The van der Waals surface area contributed by atoms with E-state index in [4.69, 9.17) is 32.9 Å². The molecule has 28 heavy (non-hydrogen) atoms. The van der Waals surface area contributed by atoms with Crippen LogP contribution in [0.5, 0.6) is 5.75 Å². The Morgan fingerprint density at radius 2 is 1.64 bits per heavy atom. The Hall–Kier alpha value is -2.14. The van der Waals surface area contributed by atoms with Crippen LogP contribution in [0.2, 0.25) is 10.0 Å². The smallest absolute Gasteiger partial charge is 0.137 e. The second-order valence-electron chi connectivity index (χ2n) is 6.19. The van der Waals surface area contributed by atoms with Crippen LogP contribution in [0.4, 0.5) is 0 Å². The van der Waals surface area contributed by atoms with Crippen LogP contribution in [0, 0.1) is 0 Å². The molecule has 142 valence electrons. The van der Waals surface area contributed by atoms with Gasteiger partial charge in [-0.15, -0.1) is 11.8 Å². The van der Waals surface area contributed by atoms with Gasteiger partial charge in [-0.05, 0) is 48.5 Å². The van der Waals surface area contributed by atoms with Crippen LogP contribution in [-0.4, -0.2) is 16.2 Å². The maximum absolute atomic E-state index is 6.18. The fourth-order valence-electron chi connectivity index (χ4n) is 2.97. The van der Waals surface area contributed by atoms with E-state index in [0.29, 0.717) is 23.9 Å². The first-order chi connectivity index (χ1) is 13.7. The van der Waals surface area contributed by atoms with Crippen LogP contribution in [0.15, 0.2) is 77.7 Å². The van der Waals surface area contributed by atoms with Crippen LogP contribution < -0.4 is 4.74 Å². The van der Waals surface area contributed by atoms with E-state index in [0.717, 1.165) is 32.5 Å². The van der Waals surface area contributed by atoms with E-state index in [9.17, 15) is 0 Å². The highest BCUT2D eigenvalue weighted by atomic mass is 35.5. The van der Waals surface area contributed by atoms with Gasteiger partial charge in [0.1, 0.15) is 18.2 Å². The van der Waals surface area contributed by atoms with Gasteiger partial charge in [0.05, 0.1) is 28.4 Å². The topological polar surface area (TPSA) is 27.1 Å². The van der Waals surface area contributed by atoms with Gasteiger partial charge in [0.15, 0.2) is 0 Å². The lowest BCUT2D eigenvalue weighted by molar-refractivity contribution is 0.299. The number of fused-ring (bicyclic) bond motifs is 1. The monoisotopic (exact) mass is 428 g/mol. The van der Waals surface area contributed by atoms with E-state index in [1.807, 2.05) is 66.7 Å². The first-order valence-electron chi connectivity index (χ1n) is 8.90. The lowest BCUT2D eigenvalue weighted by Crippen LogP contribution is -2.11. The third-order valence-electron chi connectivity index (χ3n) is 4.32. The highest BCUT2D eigenvalue weighted by Gasteiger charge is 2.11. The van der Waals surface area contributed by atoms with Crippen molar-refractivity contribution in [3.05, 3.63) is 88.7 Å². The summed E-state index contributed by atoms with van der Waals surface area (Å²) in [5.41, 5.74) is 2.10. The van der Waals surface area contributed by atoms with E-state index in [2.05, 4.69) is 10.6 Å². The second-order valence-corrected chi connectivity index (χ2v) is 8.08. The third-order valence-corrected chi connectivity index (χ3v) is 5.90. The fraction of sp³-hybridized carbons (Fsp3) is 0.136. The zero-order valence-electron chi connectivity index (χ0n) is 15.0. The third kappa shape index (κ3) is 4.46. The highest BCUT2D eigenvalue weighted by molar-refractivity contribution is 7.98. The first kappa shape index (κ1) is 19.2. The van der Waals surface area contributed by atoms with E-state index in [-0.39, 0.29) is 0 Å². The number of para-hydroxylation sites is 3. The Morgan fingerprint density at radius 1 is 0.893 bits per heavy atom. The van der Waals surface area contributed by atoms with E-state index < -0.39 is 0 Å². The number of ether oxygens (including phenoxy) is 1. The molecule has 3 aromatic carbocycles. The first-order valence-corrected chi connectivity index (χ1v) is 10.6. The average molecular weight is 429 g/mol. The summed E-state index contributed by atoms with van der Waals surface area (Å²) in [6.45, 7) is 1.21. The predicted octanol–water partition coefficient (Wildman–Crippen LogP) is 6.71. The highest BCUT2D eigenvalue weighted by Crippen LogP contribution is 2.27. The van der Waals surface area contributed by atoms with Crippen molar-refractivity contribution in [1.29, 1.82) is 0 Å². The van der Waals surface area contributed by atoms with Gasteiger partial charge in [0, 0.05) is 9.92 Å². The summed E-state index contributed by atoms with van der Waals surface area (Å²) in [6, 6.07) is 23.6. The minimum absolute atomic E-state index is 0.517. The fourth-order valence-corrected chi connectivity index (χ4v) is 4.13. The maximum Gasteiger partial charge on any atom is 0.137 e. The number of nitrogens with zero attached hydrogens (tertiary/aromatic N) is 2. The number of hydrogen-bond donors (Lipinski definition) is 0. The molecule has 0 saturated carbocycles. The SMILES string of the molecule is Clc1ccc(SCc2nc3ccccc3n2CCOc2ccccc2Cl)cc1. The quantitative estimate of drug-likeness (QED) is 0.305. The Morgan fingerprint density at radius 3 is 2.46 bits per heavy atom. The van der Waals surface area contributed by atoms with Crippen molar-refractivity contribution in [3.63, 3.8) is 0 Å². The van der Waals surface area contributed by atoms with Crippen molar-refractivity contribution in [2.24, 2.45) is 0 Å². The van der Waals surface area contributed by atoms with Crippen molar-refractivity contribution >= 4 is 46.0 Å². The molecule has 0 unspecified atom stereocenters. The van der Waals surface area contributed by atoms with E-state index >= 15 is 0 Å². The number of benzene rings is 3. The number of thioether (sulfide) groups is 1. The van der Waals surface area contributed by atoms with E-state index in [1.165, 1.54) is 0 Å². The molecule has 0 atom stereocenters. The van der Waals surface area contributed by atoms with Crippen LogP contribution in [0.1, 0.15) is 5.82 Å². The summed E-state index contributed by atoms with van der Waals surface area (Å²) in [5.74, 6) is 2.48. The molecule has 4 aromatic rings. The van der Waals surface area contributed by atoms with Crippen molar-refractivity contribution in [3.8, 4) is 5.75 Å². The van der Waals surface area contributed by atoms with E-state index in [1.54, 1.807) is 11.8 Å². The molecule has 4 rings (SSSR count). The summed E-state index contributed by atoms with van der Waals surface area (Å²) in [7, 11) is 0. The molecule has 0 saturated heterocycles. The van der Waals surface area contributed by atoms with Gasteiger partial charge in [0.25, 0.3) is 0 Å². The Bertz CT molecular complexity index is 1080. The molecule has 0 aliphatic carbocycles. The largest absolute Gasteiger partial charge is 0.490 e. The van der Waals surface area contributed by atoms with Crippen molar-refractivity contribution < 1.29 is 4.74 Å². The van der Waals surface area contributed by atoms with Gasteiger partial charge in [-0.25, -0.2) is 4.98 Å². The normalized spacial score (nSPS) is 11.1. The van der Waals surface area contributed by atoms with Gasteiger partial charge in [-0.1, -0.05) is 47.5 Å². The molecular weight excluding hydrogens is 411 g/mol. The van der Waals surface area contributed by atoms with Gasteiger partial charge in [0.2, 0.25) is 0 Å². The zero-order chi connectivity index (χ0) is 19.3. The molecule has 6 heteroatoms. The number of halogens is 2. The van der Waals surface area contributed by atoms with Crippen LogP contribution in [0.3, 0.4) is 0 Å². The number of imidazole rings is 1. The molecule has 3 nitrogen and oxygen atoms in total. The average Bonchev–Trinajstić information content (AvgIpc) is 3.07. The molecule has 0 fully saturated rings. The second kappa shape index (κ2) is 8.91. The van der Waals surface area contributed by atoms with Gasteiger partial charge >= 0.3 is 0 Å². The molecule has 0 N–H and O–H groups in total. The van der Waals surface area contributed by atoms with Gasteiger partial charge in [-0.2, -0.15) is 0 Å². The maximum atomic E-state index is 6.18. The molecule has 0 spiro atoms. The zero-order valence-corrected chi connectivity index (χ0v) is 17.3. The number of rotatable bonds is 7. The minimum Gasteiger partial charge on any atom is -0.490 e. The molecule has 0 bridgehead atoms. The van der Waals surface area contributed by atoms with Crippen LogP contribution in [0.25, 0.3) is 11.0 Å². The summed E-state index contributed by atoms with van der Waals surface area (Å²) in [5, 5.41) is 1.37. The molecule has 0 amide bonds. The van der Waals surface area contributed by atoms with Crippen LogP contribution in [-0.2, 0) is 12.3 Å². The van der Waals surface area contributed by atoms with Crippen molar-refractivity contribution in [2.75, 3.05) is 6.61 Å². The van der Waals surface area contributed by atoms with Gasteiger partial charge in [-0.3, -0.25) is 0 Å². The molecule has 0 radical (unpaired) electrons. The molecule has 0 aliphatic heterocycles. The Kier molecular flexibility index (Phi) is 6.10. The predicted molar refractivity (Wildman–Crippen MR) is 118 cm³/mol. The standard InChI is InChI=1S/C22H18Cl2N2OS/c23-16-9-11-17(12-10-16)28-15-22-25-19-6-2-3-7-20(19)26(22)13-14-27-21-8-4-1-5-18(21)24/h1-12H,13-15H2. The van der Waals surface area contributed by atoms with Crippen molar-refractivity contribution in [1.82, 2.24) is 9.55 Å². The Labute approximate surface area is 178 Å². The summed E-state index contributed by atoms with van der Waals surface area (Å²) < 4.78 is 8.11. The van der Waals surface area contributed by atoms with Crippen molar-refractivity contribution in [2.45, 2.75) is 17.2 Å². The lowest BCUT2D eigenvalue weighted by Gasteiger charge is -2.11. The minimum atomic E-state index is 0.517. The molecule has 0 aliphatic rings. The number of hydrogen-bond acceptors (Lipinski definition) is 3. The summed E-state index contributed by atoms with van der Waals surface area (Å²) >= 11 is 13.9. The van der Waals surface area contributed by atoms with Gasteiger partial charge < -0.3 is 9.30 Å². The molecule has 1 heterocycles. The number of aromatic nitrogens is 2.